The molecule has 0 aliphatic carbocycles. The SMILES string of the molecule is [N-]=[N+]=Nc1ccc(N2c3ccccc3Sc3ccccc32)cc1. The highest BCUT2D eigenvalue weighted by Gasteiger charge is 2.23. The summed E-state index contributed by atoms with van der Waals surface area (Å²) < 4.78 is 0. The van der Waals surface area contributed by atoms with Crippen LogP contribution >= 0.6 is 11.8 Å². The second-order valence-electron chi connectivity index (χ2n) is 5.08. The van der Waals surface area contributed by atoms with Crippen molar-refractivity contribution in [3.8, 4) is 0 Å². The van der Waals surface area contributed by atoms with Crippen LogP contribution < -0.4 is 4.90 Å². The van der Waals surface area contributed by atoms with Gasteiger partial charge in [0.05, 0.1) is 11.4 Å². The van der Waals surface area contributed by atoms with Gasteiger partial charge in [-0.15, -0.1) is 0 Å². The minimum Gasteiger partial charge on any atom is -0.308 e. The van der Waals surface area contributed by atoms with Crippen LogP contribution in [0.15, 0.2) is 87.7 Å². The van der Waals surface area contributed by atoms with Crippen LogP contribution in [0.1, 0.15) is 0 Å². The lowest BCUT2D eigenvalue weighted by molar-refractivity contribution is 1.16. The molecule has 5 heteroatoms. The highest BCUT2D eigenvalue weighted by atomic mass is 32.2. The number of para-hydroxylation sites is 2. The summed E-state index contributed by atoms with van der Waals surface area (Å²) >= 11 is 1.78. The molecule has 1 aliphatic heterocycles. The summed E-state index contributed by atoms with van der Waals surface area (Å²) in [6.45, 7) is 0. The fraction of sp³-hybridized carbons (Fsp3) is 0. The second kappa shape index (κ2) is 5.72. The highest BCUT2D eigenvalue weighted by Crippen LogP contribution is 2.51. The third-order valence-electron chi connectivity index (χ3n) is 3.70. The quantitative estimate of drug-likeness (QED) is 0.239. The lowest BCUT2D eigenvalue weighted by Gasteiger charge is -2.32. The first kappa shape index (κ1) is 13.8. The molecule has 0 bridgehead atoms. The molecule has 3 aromatic carbocycles. The topological polar surface area (TPSA) is 52.0 Å². The molecule has 4 rings (SSSR count). The molecule has 0 spiro atoms. The van der Waals surface area contributed by atoms with Crippen LogP contribution in [0.5, 0.6) is 0 Å². The van der Waals surface area contributed by atoms with Gasteiger partial charge in [-0.2, -0.15) is 0 Å². The molecule has 1 heterocycles. The van der Waals surface area contributed by atoms with E-state index in [-0.39, 0.29) is 0 Å². The van der Waals surface area contributed by atoms with Crippen LogP contribution in [0.4, 0.5) is 22.7 Å². The van der Waals surface area contributed by atoms with Crippen molar-refractivity contribution in [2.75, 3.05) is 4.90 Å². The van der Waals surface area contributed by atoms with Gasteiger partial charge in [-0.1, -0.05) is 53.3 Å². The van der Waals surface area contributed by atoms with Gasteiger partial charge in [0.15, 0.2) is 0 Å². The van der Waals surface area contributed by atoms with Crippen LogP contribution in [0.3, 0.4) is 0 Å². The van der Waals surface area contributed by atoms with Gasteiger partial charge in [0.25, 0.3) is 0 Å². The lowest BCUT2D eigenvalue weighted by Crippen LogP contribution is -2.14. The number of nitrogens with zero attached hydrogens (tertiary/aromatic N) is 4. The minimum atomic E-state index is 0.615. The molecule has 110 valence electrons. The largest absolute Gasteiger partial charge is 0.308 e. The van der Waals surface area contributed by atoms with Crippen molar-refractivity contribution in [3.63, 3.8) is 0 Å². The van der Waals surface area contributed by atoms with Crippen molar-refractivity contribution in [3.05, 3.63) is 83.2 Å². The Morgan fingerprint density at radius 3 is 1.91 bits per heavy atom. The standard InChI is InChI=1S/C18H12N4S/c19-21-20-13-9-11-14(12-10-13)22-15-5-1-3-7-17(15)23-18-8-4-2-6-16(18)22/h1-12H. The summed E-state index contributed by atoms with van der Waals surface area (Å²) in [6, 6.07) is 24.4. The zero-order valence-electron chi connectivity index (χ0n) is 12.1. The molecule has 3 aromatic rings. The predicted octanol–water partition coefficient (Wildman–Crippen LogP) is 6.56. The first-order valence-corrected chi connectivity index (χ1v) is 8.00. The maximum Gasteiger partial charge on any atom is 0.0601 e. The Hall–Kier alpha value is -2.88. The summed E-state index contributed by atoms with van der Waals surface area (Å²) in [5, 5.41) is 3.64. The molecule has 0 atom stereocenters. The molecule has 0 aromatic heterocycles. The number of rotatable bonds is 2. The van der Waals surface area contributed by atoms with E-state index < -0.39 is 0 Å². The smallest absolute Gasteiger partial charge is 0.0601 e. The van der Waals surface area contributed by atoms with Gasteiger partial charge >= 0.3 is 0 Å². The van der Waals surface area contributed by atoms with E-state index in [1.54, 1.807) is 11.8 Å². The Labute approximate surface area is 138 Å². The average molecular weight is 316 g/mol. The van der Waals surface area contributed by atoms with Gasteiger partial charge in [-0.3, -0.25) is 0 Å². The van der Waals surface area contributed by atoms with Gasteiger partial charge in [0.2, 0.25) is 0 Å². The highest BCUT2D eigenvalue weighted by molar-refractivity contribution is 7.99. The van der Waals surface area contributed by atoms with Crippen molar-refractivity contribution < 1.29 is 0 Å². The number of azide groups is 1. The Bertz CT molecular complexity index is 869. The molecular formula is C18H12N4S. The first-order chi connectivity index (χ1) is 11.4. The van der Waals surface area contributed by atoms with Crippen LogP contribution in [-0.4, -0.2) is 0 Å². The molecule has 0 N–H and O–H groups in total. The maximum absolute atomic E-state index is 8.54. The average Bonchev–Trinajstić information content (AvgIpc) is 2.61. The van der Waals surface area contributed by atoms with E-state index in [4.69, 9.17) is 5.53 Å². The van der Waals surface area contributed by atoms with E-state index in [9.17, 15) is 0 Å². The maximum atomic E-state index is 8.54. The van der Waals surface area contributed by atoms with Crippen LogP contribution in [0.2, 0.25) is 0 Å². The van der Waals surface area contributed by atoms with Crippen LogP contribution in [0, 0.1) is 0 Å². The van der Waals surface area contributed by atoms with Gasteiger partial charge in [0, 0.05) is 26.1 Å². The summed E-state index contributed by atoms with van der Waals surface area (Å²) in [6.07, 6.45) is 0. The molecule has 1 aliphatic rings. The fourth-order valence-electron chi connectivity index (χ4n) is 2.70. The molecule has 23 heavy (non-hydrogen) atoms. The summed E-state index contributed by atoms with van der Waals surface area (Å²) in [5.74, 6) is 0. The molecule has 0 radical (unpaired) electrons. The third kappa shape index (κ3) is 2.42. The Morgan fingerprint density at radius 2 is 1.35 bits per heavy atom. The summed E-state index contributed by atoms with van der Waals surface area (Å²) in [5.41, 5.74) is 12.5. The molecule has 0 fully saturated rings. The van der Waals surface area contributed by atoms with Crippen molar-refractivity contribution >= 4 is 34.5 Å². The first-order valence-electron chi connectivity index (χ1n) is 7.18. The molecule has 0 unspecified atom stereocenters. The molecule has 0 saturated carbocycles. The Morgan fingerprint density at radius 1 is 0.783 bits per heavy atom. The van der Waals surface area contributed by atoms with Crippen LogP contribution in [-0.2, 0) is 0 Å². The van der Waals surface area contributed by atoms with Crippen molar-refractivity contribution in [2.45, 2.75) is 9.79 Å². The summed E-state index contributed by atoms with van der Waals surface area (Å²) in [4.78, 5) is 7.52. The van der Waals surface area contributed by atoms with Gasteiger partial charge in [-0.05, 0) is 41.9 Å². The van der Waals surface area contributed by atoms with E-state index in [0.717, 1.165) is 17.1 Å². The summed E-state index contributed by atoms with van der Waals surface area (Å²) in [7, 11) is 0. The van der Waals surface area contributed by atoms with Crippen molar-refractivity contribution in [1.82, 2.24) is 0 Å². The van der Waals surface area contributed by atoms with E-state index >= 15 is 0 Å². The Balaban J connectivity index is 1.88. The number of hydrogen-bond acceptors (Lipinski definition) is 3. The number of hydrogen-bond donors (Lipinski definition) is 0. The number of anilines is 3. The minimum absolute atomic E-state index is 0.615. The third-order valence-corrected chi connectivity index (χ3v) is 4.83. The predicted molar refractivity (Wildman–Crippen MR) is 94.1 cm³/mol. The van der Waals surface area contributed by atoms with Gasteiger partial charge in [0.1, 0.15) is 0 Å². The second-order valence-corrected chi connectivity index (χ2v) is 6.16. The monoisotopic (exact) mass is 316 g/mol. The van der Waals surface area contributed by atoms with Crippen molar-refractivity contribution in [1.29, 1.82) is 0 Å². The molecule has 0 saturated heterocycles. The fourth-order valence-corrected chi connectivity index (χ4v) is 3.76. The van der Waals surface area contributed by atoms with Crippen molar-refractivity contribution in [2.24, 2.45) is 5.11 Å². The van der Waals surface area contributed by atoms with Crippen LogP contribution in [0.25, 0.3) is 10.4 Å². The molecule has 0 amide bonds. The number of benzene rings is 3. The lowest BCUT2D eigenvalue weighted by atomic mass is 10.1. The number of fused-ring (bicyclic) bond motifs is 2. The molecular weight excluding hydrogens is 304 g/mol. The van der Waals surface area contributed by atoms with Gasteiger partial charge < -0.3 is 4.90 Å². The zero-order chi connectivity index (χ0) is 15.6. The van der Waals surface area contributed by atoms with E-state index in [1.807, 2.05) is 24.3 Å². The van der Waals surface area contributed by atoms with E-state index in [1.165, 1.54) is 9.79 Å². The van der Waals surface area contributed by atoms with Gasteiger partial charge in [-0.25, -0.2) is 0 Å². The zero-order valence-corrected chi connectivity index (χ0v) is 12.9. The Kier molecular flexibility index (Phi) is 3.42. The molecule has 4 nitrogen and oxygen atoms in total. The van der Waals surface area contributed by atoms with E-state index in [0.29, 0.717) is 5.69 Å². The van der Waals surface area contributed by atoms with E-state index in [2.05, 4.69) is 63.5 Å². The normalized spacial score (nSPS) is 12.1.